The summed E-state index contributed by atoms with van der Waals surface area (Å²) in [6, 6.07) is 2.11. The van der Waals surface area contributed by atoms with Gasteiger partial charge in [-0.3, -0.25) is 4.79 Å². The Kier molecular flexibility index (Phi) is 3.35. The summed E-state index contributed by atoms with van der Waals surface area (Å²) in [7, 11) is 1.14. The van der Waals surface area contributed by atoms with Crippen LogP contribution in [0.2, 0.25) is 0 Å². The van der Waals surface area contributed by atoms with Crippen LogP contribution in [-0.2, 0) is 9.05 Å². The Labute approximate surface area is 115 Å². The van der Waals surface area contributed by atoms with E-state index in [4.69, 9.17) is 10.7 Å². The van der Waals surface area contributed by atoms with E-state index in [-0.39, 0.29) is 21.6 Å². The Morgan fingerprint density at radius 2 is 2.00 bits per heavy atom. The van der Waals surface area contributed by atoms with E-state index in [0.717, 1.165) is 25.0 Å². The fraction of sp³-hybridized carbons (Fsp3) is 0.417. The first kappa shape index (κ1) is 14.3. The highest BCUT2D eigenvalue weighted by Crippen LogP contribution is 2.34. The summed E-state index contributed by atoms with van der Waals surface area (Å²) in [4.78, 5) is 11.6. The largest absolute Gasteiger partial charge is 0.347 e. The van der Waals surface area contributed by atoms with E-state index in [1.165, 1.54) is 6.92 Å². The molecule has 0 bridgehead atoms. The van der Waals surface area contributed by atoms with Gasteiger partial charge in [0.2, 0.25) is 0 Å². The lowest BCUT2D eigenvalue weighted by molar-refractivity contribution is 0.0934. The molecule has 0 aliphatic heterocycles. The Balaban J connectivity index is 2.42. The first-order chi connectivity index (χ1) is 8.62. The lowest BCUT2D eigenvalue weighted by atomic mass is 10.1. The number of carbonyl (C=O) groups is 1. The molecule has 0 radical (unpaired) electrons. The van der Waals surface area contributed by atoms with Gasteiger partial charge in [0.25, 0.3) is 15.0 Å². The minimum absolute atomic E-state index is 0.0459. The molecular weight excluding hydrogens is 293 g/mol. The first-order valence-electron chi connectivity index (χ1n) is 5.70. The SMILES string of the molecule is Cc1c(F)cc(C(=O)NC2(C)CC2)cc1S(=O)(=O)Cl. The molecule has 1 aromatic carbocycles. The van der Waals surface area contributed by atoms with Gasteiger partial charge in [0.15, 0.2) is 0 Å². The van der Waals surface area contributed by atoms with E-state index >= 15 is 0 Å². The second-order valence-corrected chi connectivity index (χ2v) is 7.57. The van der Waals surface area contributed by atoms with Crippen molar-refractivity contribution in [3.63, 3.8) is 0 Å². The zero-order chi connectivity index (χ0) is 14.4. The first-order valence-corrected chi connectivity index (χ1v) is 8.01. The lowest BCUT2D eigenvalue weighted by Crippen LogP contribution is -2.34. The standard InChI is InChI=1S/C12H13ClFNO3S/c1-7-9(14)5-8(6-10(7)19(13,17)18)11(16)15-12(2)3-4-12/h5-6H,3-4H2,1-2H3,(H,15,16). The van der Waals surface area contributed by atoms with Crippen LogP contribution in [0.4, 0.5) is 4.39 Å². The molecule has 1 fully saturated rings. The smallest absolute Gasteiger partial charge is 0.261 e. The maximum atomic E-state index is 13.7. The lowest BCUT2D eigenvalue weighted by Gasteiger charge is -2.13. The monoisotopic (exact) mass is 305 g/mol. The van der Waals surface area contributed by atoms with Crippen molar-refractivity contribution in [2.75, 3.05) is 0 Å². The molecule has 104 valence electrons. The fourth-order valence-electron chi connectivity index (χ4n) is 1.70. The Morgan fingerprint density at radius 3 is 2.47 bits per heavy atom. The van der Waals surface area contributed by atoms with Crippen LogP contribution in [0.3, 0.4) is 0 Å². The number of carbonyl (C=O) groups excluding carboxylic acids is 1. The molecule has 7 heteroatoms. The highest BCUT2D eigenvalue weighted by atomic mass is 35.7. The number of hydrogen-bond acceptors (Lipinski definition) is 3. The molecule has 1 aromatic rings. The Morgan fingerprint density at radius 1 is 1.42 bits per heavy atom. The molecule has 2 rings (SSSR count). The molecule has 1 saturated carbocycles. The fourth-order valence-corrected chi connectivity index (χ4v) is 2.91. The van der Waals surface area contributed by atoms with Crippen LogP contribution in [0.15, 0.2) is 17.0 Å². The van der Waals surface area contributed by atoms with E-state index in [0.29, 0.717) is 0 Å². The molecule has 4 nitrogen and oxygen atoms in total. The van der Waals surface area contributed by atoms with Gasteiger partial charge < -0.3 is 5.32 Å². The Bertz CT molecular complexity index is 653. The normalized spacial score (nSPS) is 17.1. The minimum atomic E-state index is -4.09. The van der Waals surface area contributed by atoms with Crippen molar-refractivity contribution in [2.24, 2.45) is 0 Å². The molecule has 1 aliphatic rings. The summed E-state index contributed by atoms with van der Waals surface area (Å²) < 4.78 is 36.4. The van der Waals surface area contributed by atoms with Crippen molar-refractivity contribution < 1.29 is 17.6 Å². The number of rotatable bonds is 3. The molecule has 0 heterocycles. The van der Waals surface area contributed by atoms with Gasteiger partial charge in [0, 0.05) is 27.3 Å². The van der Waals surface area contributed by atoms with E-state index < -0.39 is 20.8 Å². The molecule has 1 N–H and O–H groups in total. The number of halogens is 2. The maximum absolute atomic E-state index is 13.7. The van der Waals surface area contributed by atoms with Crippen molar-refractivity contribution in [1.29, 1.82) is 0 Å². The van der Waals surface area contributed by atoms with Gasteiger partial charge in [-0.1, -0.05) is 0 Å². The molecule has 0 spiro atoms. The topological polar surface area (TPSA) is 63.2 Å². The Hall–Kier alpha value is -1.14. The van der Waals surface area contributed by atoms with E-state index in [9.17, 15) is 17.6 Å². The molecule has 0 atom stereocenters. The van der Waals surface area contributed by atoms with Crippen LogP contribution >= 0.6 is 10.7 Å². The van der Waals surface area contributed by atoms with E-state index in [1.54, 1.807) is 0 Å². The average molecular weight is 306 g/mol. The molecule has 1 amide bonds. The van der Waals surface area contributed by atoms with Gasteiger partial charge in [0.1, 0.15) is 5.82 Å². The van der Waals surface area contributed by atoms with Crippen LogP contribution in [0.25, 0.3) is 0 Å². The summed E-state index contributed by atoms with van der Waals surface area (Å²) in [5.74, 6) is -1.27. The second kappa shape index (κ2) is 4.45. The molecule has 0 unspecified atom stereocenters. The second-order valence-electron chi connectivity index (χ2n) is 5.03. The van der Waals surface area contributed by atoms with Crippen LogP contribution in [0.1, 0.15) is 35.7 Å². The summed E-state index contributed by atoms with van der Waals surface area (Å²) >= 11 is 0. The van der Waals surface area contributed by atoms with Crippen molar-refractivity contribution in [3.8, 4) is 0 Å². The van der Waals surface area contributed by atoms with Gasteiger partial charge in [-0.25, -0.2) is 12.8 Å². The van der Waals surface area contributed by atoms with Crippen LogP contribution in [0, 0.1) is 12.7 Å². The van der Waals surface area contributed by atoms with E-state index in [1.807, 2.05) is 6.92 Å². The van der Waals surface area contributed by atoms with E-state index in [2.05, 4.69) is 5.32 Å². The third-order valence-corrected chi connectivity index (χ3v) is 4.68. The summed E-state index contributed by atoms with van der Waals surface area (Å²) in [5.41, 5.74) is -0.405. The third kappa shape index (κ3) is 3.06. The number of nitrogens with one attached hydrogen (secondary N) is 1. The third-order valence-electron chi connectivity index (χ3n) is 3.24. The van der Waals surface area contributed by atoms with Gasteiger partial charge in [-0.05, 0) is 38.8 Å². The molecule has 0 aromatic heterocycles. The molecule has 0 saturated heterocycles. The highest BCUT2D eigenvalue weighted by molar-refractivity contribution is 8.13. The molecule has 19 heavy (non-hydrogen) atoms. The van der Waals surface area contributed by atoms with Gasteiger partial charge in [-0.2, -0.15) is 0 Å². The number of amides is 1. The maximum Gasteiger partial charge on any atom is 0.261 e. The van der Waals surface area contributed by atoms with Crippen molar-refractivity contribution in [3.05, 3.63) is 29.1 Å². The summed E-state index contributed by atoms with van der Waals surface area (Å²) in [6.07, 6.45) is 1.71. The van der Waals surface area contributed by atoms with Crippen LogP contribution in [-0.4, -0.2) is 19.9 Å². The minimum Gasteiger partial charge on any atom is -0.347 e. The summed E-state index contributed by atoms with van der Waals surface area (Å²) in [5, 5.41) is 2.73. The van der Waals surface area contributed by atoms with Crippen molar-refractivity contribution in [2.45, 2.75) is 37.1 Å². The van der Waals surface area contributed by atoms with Crippen LogP contribution in [0.5, 0.6) is 0 Å². The molecule has 1 aliphatic carbocycles. The van der Waals surface area contributed by atoms with Crippen molar-refractivity contribution in [1.82, 2.24) is 5.32 Å². The highest BCUT2D eigenvalue weighted by Gasteiger charge is 2.39. The predicted molar refractivity (Wildman–Crippen MR) is 69.3 cm³/mol. The quantitative estimate of drug-likeness (QED) is 0.872. The number of hydrogen-bond donors (Lipinski definition) is 1. The van der Waals surface area contributed by atoms with Crippen LogP contribution < -0.4 is 5.32 Å². The number of benzene rings is 1. The summed E-state index contributed by atoms with van der Waals surface area (Å²) in [6.45, 7) is 3.17. The van der Waals surface area contributed by atoms with Gasteiger partial charge in [-0.15, -0.1) is 0 Å². The zero-order valence-corrected chi connectivity index (χ0v) is 12.0. The predicted octanol–water partition coefficient (Wildman–Crippen LogP) is 2.34. The van der Waals surface area contributed by atoms with Gasteiger partial charge in [0.05, 0.1) is 4.90 Å². The van der Waals surface area contributed by atoms with Crippen molar-refractivity contribution >= 4 is 25.6 Å². The zero-order valence-electron chi connectivity index (χ0n) is 10.5. The average Bonchev–Trinajstić information content (AvgIpc) is 2.98. The van der Waals surface area contributed by atoms with Gasteiger partial charge >= 0.3 is 0 Å². The molecular formula is C12H13ClFNO3S.